The zero-order valence-corrected chi connectivity index (χ0v) is 13.8. The van der Waals surface area contributed by atoms with E-state index in [1.807, 2.05) is 0 Å². The van der Waals surface area contributed by atoms with Crippen molar-refractivity contribution in [3.63, 3.8) is 0 Å². The summed E-state index contributed by atoms with van der Waals surface area (Å²) in [6, 6.07) is 5.08. The molecule has 1 fully saturated rings. The molecule has 130 valence electrons. The van der Waals surface area contributed by atoms with Gasteiger partial charge in [0.05, 0.1) is 6.54 Å². The summed E-state index contributed by atoms with van der Waals surface area (Å²) >= 11 is 0. The zero-order valence-electron chi connectivity index (χ0n) is 13.8. The average Bonchev–Trinajstić information content (AvgIpc) is 3.11. The van der Waals surface area contributed by atoms with Crippen molar-refractivity contribution < 1.29 is 18.5 Å². The van der Waals surface area contributed by atoms with Crippen LogP contribution >= 0.6 is 0 Å². The summed E-state index contributed by atoms with van der Waals surface area (Å²) in [4.78, 5) is 26.5. The SMILES string of the molecule is C[C@]1(c2ccc(F)cc2)NC(=O)N(Cc2noc3c2CCCC3)C1=O. The molecule has 4 rings (SSSR count). The summed E-state index contributed by atoms with van der Waals surface area (Å²) in [6.45, 7) is 1.71. The predicted octanol–water partition coefficient (Wildman–Crippen LogP) is 2.66. The highest BCUT2D eigenvalue weighted by Gasteiger charge is 2.49. The van der Waals surface area contributed by atoms with Gasteiger partial charge in [-0.15, -0.1) is 0 Å². The van der Waals surface area contributed by atoms with Crippen LogP contribution in [0.25, 0.3) is 0 Å². The van der Waals surface area contributed by atoms with Crippen LogP contribution in [0, 0.1) is 5.82 Å². The molecule has 0 unspecified atom stereocenters. The third kappa shape index (κ3) is 2.50. The van der Waals surface area contributed by atoms with Crippen molar-refractivity contribution in [3.8, 4) is 0 Å². The van der Waals surface area contributed by atoms with E-state index in [-0.39, 0.29) is 12.5 Å². The van der Waals surface area contributed by atoms with Gasteiger partial charge in [0.15, 0.2) is 0 Å². The van der Waals surface area contributed by atoms with E-state index in [4.69, 9.17) is 4.52 Å². The minimum Gasteiger partial charge on any atom is -0.361 e. The third-order valence-corrected chi connectivity index (χ3v) is 5.04. The minimum absolute atomic E-state index is 0.0836. The number of hydrogen-bond donors (Lipinski definition) is 1. The molecule has 1 aromatic heterocycles. The number of amides is 3. The second-order valence-electron chi connectivity index (χ2n) is 6.69. The number of nitrogens with zero attached hydrogens (tertiary/aromatic N) is 2. The van der Waals surface area contributed by atoms with Gasteiger partial charge in [-0.1, -0.05) is 17.3 Å². The fourth-order valence-corrected chi connectivity index (χ4v) is 3.54. The number of urea groups is 1. The van der Waals surface area contributed by atoms with E-state index in [0.717, 1.165) is 41.9 Å². The van der Waals surface area contributed by atoms with Crippen LogP contribution in [0.4, 0.5) is 9.18 Å². The second kappa shape index (κ2) is 5.68. The lowest BCUT2D eigenvalue weighted by Gasteiger charge is -2.22. The van der Waals surface area contributed by atoms with E-state index in [2.05, 4.69) is 10.5 Å². The number of halogens is 1. The van der Waals surface area contributed by atoms with Crippen molar-refractivity contribution in [1.29, 1.82) is 0 Å². The lowest BCUT2D eigenvalue weighted by molar-refractivity contribution is -0.131. The van der Waals surface area contributed by atoms with Crippen molar-refractivity contribution in [2.24, 2.45) is 0 Å². The van der Waals surface area contributed by atoms with Crippen LogP contribution in [0.1, 0.15) is 42.3 Å². The van der Waals surface area contributed by atoms with Crippen molar-refractivity contribution >= 4 is 11.9 Å². The molecule has 0 spiro atoms. The summed E-state index contributed by atoms with van der Waals surface area (Å²) in [5, 5.41) is 6.78. The van der Waals surface area contributed by atoms with Gasteiger partial charge in [-0.25, -0.2) is 9.18 Å². The van der Waals surface area contributed by atoms with Gasteiger partial charge in [0.25, 0.3) is 5.91 Å². The maximum atomic E-state index is 13.2. The molecule has 1 aromatic carbocycles. The maximum Gasteiger partial charge on any atom is 0.325 e. The van der Waals surface area contributed by atoms with E-state index < -0.39 is 17.4 Å². The molecule has 1 saturated heterocycles. The maximum absolute atomic E-state index is 13.2. The quantitative estimate of drug-likeness (QED) is 0.870. The number of aryl methyl sites for hydroxylation is 1. The fourth-order valence-electron chi connectivity index (χ4n) is 3.54. The Hall–Kier alpha value is -2.70. The van der Waals surface area contributed by atoms with Crippen molar-refractivity contribution in [2.75, 3.05) is 0 Å². The largest absolute Gasteiger partial charge is 0.361 e. The highest BCUT2D eigenvalue weighted by molar-refractivity contribution is 6.07. The van der Waals surface area contributed by atoms with Crippen molar-refractivity contribution in [1.82, 2.24) is 15.4 Å². The molecule has 6 nitrogen and oxygen atoms in total. The number of carbonyl (C=O) groups is 2. The van der Waals surface area contributed by atoms with Gasteiger partial charge < -0.3 is 9.84 Å². The molecule has 3 amide bonds. The Morgan fingerprint density at radius 3 is 2.72 bits per heavy atom. The Labute approximate surface area is 144 Å². The molecule has 2 aliphatic rings. The molecule has 2 aromatic rings. The van der Waals surface area contributed by atoms with E-state index in [0.29, 0.717) is 11.3 Å². The number of rotatable bonds is 3. The highest BCUT2D eigenvalue weighted by atomic mass is 19.1. The van der Waals surface area contributed by atoms with E-state index >= 15 is 0 Å². The molecule has 25 heavy (non-hydrogen) atoms. The minimum atomic E-state index is -1.21. The van der Waals surface area contributed by atoms with Crippen LogP contribution < -0.4 is 5.32 Å². The third-order valence-electron chi connectivity index (χ3n) is 5.04. The van der Waals surface area contributed by atoms with Crippen LogP contribution in [0.2, 0.25) is 0 Å². The summed E-state index contributed by atoms with van der Waals surface area (Å²) in [5.74, 6) is 0.0847. The van der Waals surface area contributed by atoms with Crippen LogP contribution in [0.5, 0.6) is 0 Å². The van der Waals surface area contributed by atoms with Crippen molar-refractivity contribution in [2.45, 2.75) is 44.7 Å². The first-order valence-corrected chi connectivity index (χ1v) is 8.35. The number of benzene rings is 1. The van der Waals surface area contributed by atoms with Gasteiger partial charge in [0, 0.05) is 12.0 Å². The van der Waals surface area contributed by atoms with Crippen LogP contribution in [0.15, 0.2) is 28.8 Å². The Kier molecular flexibility index (Phi) is 3.59. The molecule has 0 radical (unpaired) electrons. The number of aromatic nitrogens is 1. The van der Waals surface area contributed by atoms with Gasteiger partial charge >= 0.3 is 6.03 Å². The summed E-state index contributed by atoms with van der Waals surface area (Å²) in [7, 11) is 0. The molecule has 0 saturated carbocycles. The van der Waals surface area contributed by atoms with Gasteiger partial charge in [-0.05, 0) is 43.9 Å². The number of nitrogens with one attached hydrogen (secondary N) is 1. The standard InChI is InChI=1S/C18H18FN3O3/c1-18(11-6-8-12(19)9-7-11)16(23)22(17(24)20-18)10-14-13-4-2-3-5-15(13)25-21-14/h6-9H,2-5,10H2,1H3,(H,20,24)/t18-/m1/s1. The lowest BCUT2D eigenvalue weighted by Crippen LogP contribution is -2.40. The van der Waals surface area contributed by atoms with Crippen LogP contribution in [0.3, 0.4) is 0 Å². The van der Waals surface area contributed by atoms with Crippen molar-refractivity contribution in [3.05, 3.63) is 52.7 Å². The normalized spacial score (nSPS) is 22.9. The van der Waals surface area contributed by atoms with Crippen LogP contribution in [-0.2, 0) is 29.7 Å². The number of fused-ring (bicyclic) bond motifs is 1. The van der Waals surface area contributed by atoms with E-state index in [9.17, 15) is 14.0 Å². The van der Waals surface area contributed by atoms with Gasteiger partial charge in [-0.2, -0.15) is 0 Å². The molecule has 1 aliphatic heterocycles. The molecule has 1 atom stereocenters. The van der Waals surface area contributed by atoms with Gasteiger partial charge in [0.2, 0.25) is 0 Å². The summed E-state index contributed by atoms with van der Waals surface area (Å²) in [5.41, 5.74) is 0.981. The smallest absolute Gasteiger partial charge is 0.325 e. The molecular weight excluding hydrogens is 325 g/mol. The lowest BCUT2D eigenvalue weighted by atomic mass is 9.92. The Morgan fingerprint density at radius 1 is 1.24 bits per heavy atom. The zero-order chi connectivity index (χ0) is 17.6. The second-order valence-corrected chi connectivity index (χ2v) is 6.69. The summed E-state index contributed by atoms with van der Waals surface area (Å²) < 4.78 is 18.5. The fraction of sp³-hybridized carbons (Fsp3) is 0.389. The molecule has 1 aliphatic carbocycles. The van der Waals surface area contributed by atoms with E-state index in [1.165, 1.54) is 24.3 Å². The molecule has 0 bridgehead atoms. The topological polar surface area (TPSA) is 75.4 Å². The average molecular weight is 343 g/mol. The monoisotopic (exact) mass is 343 g/mol. The Bertz CT molecular complexity index is 846. The molecular formula is C18H18FN3O3. The number of imide groups is 1. The van der Waals surface area contributed by atoms with Gasteiger partial charge in [-0.3, -0.25) is 9.69 Å². The Balaban J connectivity index is 1.61. The molecule has 2 heterocycles. The first-order chi connectivity index (χ1) is 12.0. The molecule has 7 heteroatoms. The number of hydrogen-bond acceptors (Lipinski definition) is 4. The number of carbonyl (C=O) groups excluding carboxylic acids is 2. The highest BCUT2D eigenvalue weighted by Crippen LogP contribution is 2.31. The summed E-state index contributed by atoms with van der Waals surface area (Å²) in [6.07, 6.45) is 3.81. The first-order valence-electron chi connectivity index (χ1n) is 8.35. The van der Waals surface area contributed by atoms with Crippen LogP contribution in [-0.4, -0.2) is 22.0 Å². The predicted molar refractivity (Wildman–Crippen MR) is 86.0 cm³/mol. The Morgan fingerprint density at radius 2 is 1.96 bits per heavy atom. The molecule has 1 N–H and O–H groups in total. The van der Waals surface area contributed by atoms with E-state index in [1.54, 1.807) is 6.92 Å². The first kappa shape index (κ1) is 15.8. The van der Waals surface area contributed by atoms with Gasteiger partial charge in [0.1, 0.15) is 22.8 Å².